The molecule has 18 heavy (non-hydrogen) atoms. The van der Waals surface area contributed by atoms with E-state index in [9.17, 15) is 20.1 Å². The molecule has 3 rings (SSSR count). The van der Waals surface area contributed by atoms with Crippen LogP contribution in [0.25, 0.3) is 6.08 Å². The SMILES string of the molecule is O=C1C=CC2Nc3cc(O)c(O)c(O)c3C=C2C1. The predicted octanol–water partition coefficient (Wildman–Crippen LogP) is 1.51. The minimum atomic E-state index is -0.552. The van der Waals surface area contributed by atoms with Crippen LogP contribution in [0.15, 0.2) is 23.8 Å². The second-order valence-electron chi connectivity index (χ2n) is 4.40. The minimum absolute atomic E-state index is 0.00485. The third-order valence-corrected chi connectivity index (χ3v) is 3.19. The maximum absolute atomic E-state index is 11.3. The maximum Gasteiger partial charge on any atom is 0.201 e. The summed E-state index contributed by atoms with van der Waals surface area (Å²) in [5.41, 5.74) is 1.74. The first kappa shape index (κ1) is 10.7. The van der Waals surface area contributed by atoms with Gasteiger partial charge in [0.15, 0.2) is 17.3 Å². The largest absolute Gasteiger partial charge is 0.504 e. The van der Waals surface area contributed by atoms with Crippen LogP contribution in [-0.2, 0) is 4.79 Å². The molecule has 1 atom stereocenters. The number of hydrogen-bond acceptors (Lipinski definition) is 5. The van der Waals surface area contributed by atoms with Crippen LogP contribution in [0.3, 0.4) is 0 Å². The van der Waals surface area contributed by atoms with E-state index < -0.39 is 5.75 Å². The van der Waals surface area contributed by atoms with Crippen molar-refractivity contribution in [2.45, 2.75) is 12.5 Å². The standard InChI is InChI=1S/C13H11NO4/c15-7-1-2-9-6(3-7)4-8-10(14-9)5-11(16)13(18)12(8)17/h1-2,4-5,9,14,16-18H,3H2. The molecule has 4 N–H and O–H groups in total. The van der Waals surface area contributed by atoms with Crippen molar-refractivity contribution in [1.29, 1.82) is 0 Å². The molecule has 2 aliphatic rings. The minimum Gasteiger partial charge on any atom is -0.504 e. The highest BCUT2D eigenvalue weighted by molar-refractivity contribution is 5.96. The van der Waals surface area contributed by atoms with Crippen molar-refractivity contribution in [3.63, 3.8) is 0 Å². The molecule has 0 saturated heterocycles. The number of benzene rings is 1. The van der Waals surface area contributed by atoms with Crippen LogP contribution in [-0.4, -0.2) is 27.1 Å². The summed E-state index contributed by atoms with van der Waals surface area (Å²) >= 11 is 0. The average molecular weight is 245 g/mol. The summed E-state index contributed by atoms with van der Waals surface area (Å²) in [6, 6.07) is 1.24. The van der Waals surface area contributed by atoms with Gasteiger partial charge in [0, 0.05) is 23.7 Å². The summed E-state index contributed by atoms with van der Waals surface area (Å²) in [7, 11) is 0. The van der Waals surface area contributed by atoms with E-state index in [2.05, 4.69) is 5.32 Å². The van der Waals surface area contributed by atoms with Gasteiger partial charge in [-0.3, -0.25) is 4.79 Å². The molecule has 5 heteroatoms. The molecule has 1 aliphatic heterocycles. The Morgan fingerprint density at radius 1 is 1.22 bits per heavy atom. The van der Waals surface area contributed by atoms with Gasteiger partial charge in [-0.05, 0) is 17.7 Å². The normalized spacial score (nSPS) is 20.8. The quantitative estimate of drug-likeness (QED) is 0.411. The lowest BCUT2D eigenvalue weighted by Gasteiger charge is -2.28. The van der Waals surface area contributed by atoms with E-state index in [1.54, 1.807) is 12.2 Å². The summed E-state index contributed by atoms with van der Waals surface area (Å²) in [4.78, 5) is 11.3. The Hall–Kier alpha value is -2.43. The number of allylic oxidation sites excluding steroid dienone is 1. The van der Waals surface area contributed by atoms with Crippen LogP contribution >= 0.6 is 0 Å². The third kappa shape index (κ3) is 1.44. The second-order valence-corrected chi connectivity index (χ2v) is 4.40. The smallest absolute Gasteiger partial charge is 0.201 e. The molecular formula is C13H11NO4. The van der Waals surface area contributed by atoms with Crippen molar-refractivity contribution in [2.24, 2.45) is 0 Å². The fourth-order valence-electron chi connectivity index (χ4n) is 2.26. The number of carbonyl (C=O) groups excluding carboxylic acids is 1. The Kier molecular flexibility index (Phi) is 2.10. The van der Waals surface area contributed by atoms with E-state index in [0.29, 0.717) is 11.3 Å². The summed E-state index contributed by atoms with van der Waals surface area (Å²) in [6.45, 7) is 0. The molecule has 0 radical (unpaired) electrons. The van der Waals surface area contributed by atoms with Gasteiger partial charge in [-0.1, -0.05) is 6.08 Å². The Balaban J connectivity index is 2.16. The zero-order chi connectivity index (χ0) is 12.9. The van der Waals surface area contributed by atoms with E-state index in [1.807, 2.05) is 0 Å². The lowest BCUT2D eigenvalue weighted by molar-refractivity contribution is -0.114. The van der Waals surface area contributed by atoms with Crippen molar-refractivity contribution in [1.82, 2.24) is 0 Å². The second kappa shape index (κ2) is 3.53. The van der Waals surface area contributed by atoms with Gasteiger partial charge in [0.25, 0.3) is 0 Å². The van der Waals surface area contributed by atoms with Crippen molar-refractivity contribution < 1.29 is 20.1 Å². The molecule has 5 nitrogen and oxygen atoms in total. The van der Waals surface area contributed by atoms with Gasteiger partial charge in [0.1, 0.15) is 0 Å². The van der Waals surface area contributed by atoms with Gasteiger partial charge < -0.3 is 20.6 Å². The van der Waals surface area contributed by atoms with Crippen LogP contribution in [0.1, 0.15) is 12.0 Å². The first-order chi connectivity index (χ1) is 8.56. The zero-order valence-corrected chi connectivity index (χ0v) is 9.34. The van der Waals surface area contributed by atoms with Gasteiger partial charge in [-0.15, -0.1) is 0 Å². The van der Waals surface area contributed by atoms with E-state index in [4.69, 9.17) is 0 Å². The number of hydrogen-bond donors (Lipinski definition) is 4. The number of phenols is 3. The molecule has 92 valence electrons. The number of nitrogens with one attached hydrogen (secondary N) is 1. The summed E-state index contributed by atoms with van der Waals surface area (Å²) in [5.74, 6) is -1.31. The topological polar surface area (TPSA) is 89.8 Å². The molecule has 1 heterocycles. The molecule has 0 fully saturated rings. The van der Waals surface area contributed by atoms with Crippen LogP contribution < -0.4 is 5.32 Å². The molecule has 0 bridgehead atoms. The van der Waals surface area contributed by atoms with Crippen LogP contribution in [0, 0.1) is 0 Å². The number of rotatable bonds is 0. The number of aromatic hydroxyl groups is 3. The summed E-state index contributed by atoms with van der Waals surface area (Å²) in [5, 5.41) is 31.8. The summed E-state index contributed by atoms with van der Waals surface area (Å²) < 4.78 is 0. The van der Waals surface area contributed by atoms with Gasteiger partial charge in [0.05, 0.1) is 6.04 Å². The number of anilines is 1. The maximum atomic E-state index is 11.3. The molecular weight excluding hydrogens is 234 g/mol. The molecule has 0 saturated carbocycles. The van der Waals surface area contributed by atoms with Gasteiger partial charge in [0.2, 0.25) is 5.75 Å². The third-order valence-electron chi connectivity index (χ3n) is 3.19. The monoisotopic (exact) mass is 245 g/mol. The number of fused-ring (bicyclic) bond motifs is 2. The first-order valence-corrected chi connectivity index (χ1v) is 5.52. The van der Waals surface area contributed by atoms with Crippen LogP contribution in [0.5, 0.6) is 17.2 Å². The van der Waals surface area contributed by atoms with E-state index in [1.165, 1.54) is 12.1 Å². The number of carbonyl (C=O) groups is 1. The molecule has 1 aliphatic carbocycles. The Morgan fingerprint density at radius 3 is 2.78 bits per heavy atom. The van der Waals surface area contributed by atoms with Crippen molar-refractivity contribution in [3.8, 4) is 17.2 Å². The van der Waals surface area contributed by atoms with E-state index in [-0.39, 0.29) is 29.7 Å². The lowest BCUT2D eigenvalue weighted by Crippen LogP contribution is -2.27. The van der Waals surface area contributed by atoms with Crippen LogP contribution in [0.4, 0.5) is 5.69 Å². The van der Waals surface area contributed by atoms with Crippen molar-refractivity contribution >= 4 is 17.5 Å². The number of ketones is 1. The molecule has 0 amide bonds. The highest BCUT2D eigenvalue weighted by atomic mass is 16.3. The Labute approximate surface area is 103 Å². The summed E-state index contributed by atoms with van der Waals surface area (Å²) in [6.07, 6.45) is 5.21. The van der Waals surface area contributed by atoms with Gasteiger partial charge in [-0.2, -0.15) is 0 Å². The number of phenolic OH excluding ortho intramolecular Hbond substituents is 3. The molecule has 1 aromatic carbocycles. The van der Waals surface area contributed by atoms with Crippen LogP contribution in [0.2, 0.25) is 0 Å². The lowest BCUT2D eigenvalue weighted by atomic mass is 9.89. The molecule has 1 aromatic rings. The molecule has 0 spiro atoms. The fraction of sp³-hybridized carbons (Fsp3) is 0.154. The van der Waals surface area contributed by atoms with Crippen molar-refractivity contribution in [3.05, 3.63) is 29.4 Å². The fourth-order valence-corrected chi connectivity index (χ4v) is 2.26. The molecule has 0 aromatic heterocycles. The Morgan fingerprint density at radius 2 is 2.00 bits per heavy atom. The van der Waals surface area contributed by atoms with E-state index >= 15 is 0 Å². The predicted molar refractivity (Wildman–Crippen MR) is 65.6 cm³/mol. The highest BCUT2D eigenvalue weighted by Crippen LogP contribution is 2.45. The van der Waals surface area contributed by atoms with E-state index in [0.717, 1.165) is 5.57 Å². The average Bonchev–Trinajstić information content (AvgIpc) is 2.35. The Bertz CT molecular complexity index is 616. The zero-order valence-electron chi connectivity index (χ0n) is 9.34. The van der Waals surface area contributed by atoms with Crippen molar-refractivity contribution in [2.75, 3.05) is 5.32 Å². The first-order valence-electron chi connectivity index (χ1n) is 5.52. The van der Waals surface area contributed by atoms with Gasteiger partial charge in [-0.25, -0.2) is 0 Å². The highest BCUT2D eigenvalue weighted by Gasteiger charge is 2.26. The molecule has 1 unspecified atom stereocenters. The van der Waals surface area contributed by atoms with Gasteiger partial charge >= 0.3 is 0 Å².